The van der Waals surface area contributed by atoms with E-state index in [1.54, 1.807) is 0 Å². The predicted molar refractivity (Wildman–Crippen MR) is 105 cm³/mol. The van der Waals surface area contributed by atoms with Crippen LogP contribution in [-0.4, -0.2) is 84.1 Å². The van der Waals surface area contributed by atoms with Crippen molar-refractivity contribution in [2.75, 3.05) is 46.3 Å². The number of halogens is 2. The van der Waals surface area contributed by atoms with Gasteiger partial charge >= 0.3 is 6.03 Å². The molecular weight excluding hydrogens is 391 g/mol. The summed E-state index contributed by atoms with van der Waals surface area (Å²) in [5, 5.41) is 13.2. The van der Waals surface area contributed by atoms with Crippen molar-refractivity contribution < 1.29 is 14.7 Å². The summed E-state index contributed by atoms with van der Waals surface area (Å²) in [7, 11) is 2.06. The maximum Gasteiger partial charge on any atom is 0.320 e. The lowest BCUT2D eigenvalue weighted by Crippen LogP contribution is -2.54. The number of nitrogens with one attached hydrogen (secondary N) is 1. The van der Waals surface area contributed by atoms with Crippen molar-refractivity contribution in [3.05, 3.63) is 27.7 Å². The van der Waals surface area contributed by atoms with Crippen molar-refractivity contribution in [2.24, 2.45) is 0 Å². The molecule has 9 heteroatoms. The molecule has 0 radical (unpaired) electrons. The quantitative estimate of drug-likeness (QED) is 0.777. The van der Waals surface area contributed by atoms with Gasteiger partial charge in [-0.15, -0.1) is 0 Å². The zero-order valence-corrected chi connectivity index (χ0v) is 16.8. The van der Waals surface area contributed by atoms with Gasteiger partial charge in [0.15, 0.2) is 0 Å². The number of aromatic hydroxyl groups is 1. The summed E-state index contributed by atoms with van der Waals surface area (Å²) in [5.41, 5.74) is 0.0587. The standard InChI is InChI=1S/C18H24Cl2N4O3/c1-22-6-8-24(9-7-22)18(27)23-4-2-13(3-5-23)21-17(26)14-10-12(19)11-15(20)16(14)25/h10-11,13,25H,2-9H2,1H3,(H,21,26). The van der Waals surface area contributed by atoms with Crippen LogP contribution in [0.15, 0.2) is 12.1 Å². The Morgan fingerprint density at radius 1 is 1.04 bits per heavy atom. The number of phenolic OH excluding ortho intramolecular Hbond substituents is 1. The maximum absolute atomic E-state index is 12.6. The summed E-state index contributed by atoms with van der Waals surface area (Å²) in [6, 6.07) is 2.79. The number of piperidine rings is 1. The van der Waals surface area contributed by atoms with Crippen LogP contribution in [0.5, 0.6) is 5.75 Å². The number of carbonyl (C=O) groups excluding carboxylic acids is 2. The van der Waals surface area contributed by atoms with Gasteiger partial charge in [-0.05, 0) is 32.0 Å². The third kappa shape index (κ3) is 4.78. The van der Waals surface area contributed by atoms with Crippen molar-refractivity contribution in [3.63, 3.8) is 0 Å². The van der Waals surface area contributed by atoms with E-state index in [1.165, 1.54) is 12.1 Å². The normalized spacial score (nSPS) is 19.2. The lowest BCUT2D eigenvalue weighted by molar-refractivity contribution is 0.0897. The number of benzene rings is 1. The summed E-state index contributed by atoms with van der Waals surface area (Å²) in [6.07, 6.45) is 1.33. The molecule has 2 aliphatic heterocycles. The molecule has 2 saturated heterocycles. The van der Waals surface area contributed by atoms with E-state index in [2.05, 4.69) is 17.3 Å². The monoisotopic (exact) mass is 414 g/mol. The molecule has 0 aliphatic carbocycles. The first-order valence-corrected chi connectivity index (χ1v) is 9.82. The van der Waals surface area contributed by atoms with Gasteiger partial charge in [-0.25, -0.2) is 4.79 Å². The second kappa shape index (κ2) is 8.54. The Kier molecular flexibility index (Phi) is 6.34. The number of likely N-dealkylation sites (tertiary alicyclic amines) is 1. The molecule has 3 rings (SSSR count). The van der Waals surface area contributed by atoms with E-state index in [0.717, 1.165) is 26.2 Å². The number of carbonyl (C=O) groups is 2. The van der Waals surface area contributed by atoms with Crippen molar-refractivity contribution in [1.82, 2.24) is 20.0 Å². The van der Waals surface area contributed by atoms with E-state index in [9.17, 15) is 14.7 Å². The molecule has 1 aromatic rings. The number of hydrogen-bond donors (Lipinski definition) is 2. The average molecular weight is 415 g/mol. The molecule has 0 atom stereocenters. The summed E-state index contributed by atoms with van der Waals surface area (Å²) >= 11 is 11.8. The van der Waals surface area contributed by atoms with Crippen LogP contribution < -0.4 is 5.32 Å². The molecule has 0 aromatic heterocycles. The van der Waals surface area contributed by atoms with Gasteiger partial charge in [0.25, 0.3) is 5.91 Å². The predicted octanol–water partition coefficient (Wildman–Crippen LogP) is 2.26. The fourth-order valence-electron chi connectivity index (χ4n) is 3.42. The number of amides is 3. The molecule has 0 bridgehead atoms. The Morgan fingerprint density at radius 3 is 2.26 bits per heavy atom. The molecular formula is C18H24Cl2N4O3. The molecule has 2 N–H and O–H groups in total. The highest BCUT2D eigenvalue weighted by Gasteiger charge is 2.29. The van der Waals surface area contributed by atoms with Crippen LogP contribution in [-0.2, 0) is 0 Å². The van der Waals surface area contributed by atoms with E-state index >= 15 is 0 Å². The highest BCUT2D eigenvalue weighted by molar-refractivity contribution is 6.36. The Labute approximate surface area is 168 Å². The summed E-state index contributed by atoms with van der Waals surface area (Å²) in [6.45, 7) is 4.48. The molecule has 2 heterocycles. The van der Waals surface area contributed by atoms with E-state index in [4.69, 9.17) is 23.2 Å². The van der Waals surface area contributed by atoms with Gasteiger partial charge in [0.05, 0.1) is 10.6 Å². The Bertz CT molecular complexity index is 715. The van der Waals surface area contributed by atoms with Crippen LogP contribution in [0.2, 0.25) is 10.0 Å². The molecule has 7 nitrogen and oxygen atoms in total. The number of hydrogen-bond acceptors (Lipinski definition) is 4. The first-order valence-electron chi connectivity index (χ1n) is 9.06. The van der Waals surface area contributed by atoms with Crippen molar-refractivity contribution in [2.45, 2.75) is 18.9 Å². The zero-order valence-electron chi connectivity index (χ0n) is 15.3. The van der Waals surface area contributed by atoms with E-state index in [1.807, 2.05) is 9.80 Å². The second-order valence-corrected chi connectivity index (χ2v) is 7.94. The third-order valence-corrected chi connectivity index (χ3v) is 5.65. The van der Waals surface area contributed by atoms with E-state index in [-0.39, 0.29) is 33.4 Å². The SMILES string of the molecule is CN1CCN(C(=O)N2CCC(NC(=O)c3cc(Cl)cc(Cl)c3O)CC2)CC1. The van der Waals surface area contributed by atoms with Crippen LogP contribution in [0, 0.1) is 0 Å². The van der Waals surface area contributed by atoms with Gasteiger partial charge in [0.1, 0.15) is 5.75 Å². The Morgan fingerprint density at radius 2 is 1.63 bits per heavy atom. The second-order valence-electron chi connectivity index (χ2n) is 7.09. The largest absolute Gasteiger partial charge is 0.506 e. The minimum absolute atomic E-state index is 0.0419. The average Bonchev–Trinajstić information content (AvgIpc) is 2.65. The molecule has 27 heavy (non-hydrogen) atoms. The van der Waals surface area contributed by atoms with Crippen LogP contribution in [0.1, 0.15) is 23.2 Å². The van der Waals surface area contributed by atoms with Gasteiger partial charge in [-0.2, -0.15) is 0 Å². The summed E-state index contributed by atoms with van der Waals surface area (Å²) in [5.74, 6) is -0.693. The minimum atomic E-state index is -0.416. The van der Waals surface area contributed by atoms with Crippen LogP contribution >= 0.6 is 23.2 Å². The van der Waals surface area contributed by atoms with Gasteiger partial charge in [-0.3, -0.25) is 4.79 Å². The molecule has 148 valence electrons. The number of phenols is 1. The minimum Gasteiger partial charge on any atom is -0.506 e. The number of rotatable bonds is 2. The molecule has 0 spiro atoms. The van der Waals surface area contributed by atoms with Gasteiger partial charge in [0.2, 0.25) is 0 Å². The highest BCUT2D eigenvalue weighted by atomic mass is 35.5. The lowest BCUT2D eigenvalue weighted by atomic mass is 10.0. The first-order chi connectivity index (χ1) is 12.8. The fourth-order valence-corrected chi connectivity index (χ4v) is 3.91. The number of urea groups is 1. The Balaban J connectivity index is 1.52. The lowest BCUT2D eigenvalue weighted by Gasteiger charge is -2.39. The third-order valence-electron chi connectivity index (χ3n) is 5.15. The number of piperazine rings is 1. The first kappa shape index (κ1) is 20.0. The number of likely N-dealkylation sites (N-methyl/N-ethyl adjacent to an activating group) is 1. The Hall–Kier alpha value is -1.70. The van der Waals surface area contributed by atoms with Gasteiger partial charge in [0, 0.05) is 50.3 Å². The summed E-state index contributed by atoms with van der Waals surface area (Å²) in [4.78, 5) is 31.0. The van der Waals surface area contributed by atoms with Crippen molar-refractivity contribution in [3.8, 4) is 5.75 Å². The van der Waals surface area contributed by atoms with Crippen molar-refractivity contribution >= 4 is 35.1 Å². The molecule has 2 fully saturated rings. The highest BCUT2D eigenvalue weighted by Crippen LogP contribution is 2.31. The zero-order chi connectivity index (χ0) is 19.6. The molecule has 3 amide bonds. The molecule has 1 aromatic carbocycles. The van der Waals surface area contributed by atoms with Crippen LogP contribution in [0.25, 0.3) is 0 Å². The fraction of sp³-hybridized carbons (Fsp3) is 0.556. The van der Waals surface area contributed by atoms with Crippen LogP contribution in [0.3, 0.4) is 0 Å². The number of nitrogens with zero attached hydrogens (tertiary/aromatic N) is 3. The molecule has 0 unspecified atom stereocenters. The van der Waals surface area contributed by atoms with Gasteiger partial charge in [-0.1, -0.05) is 23.2 Å². The van der Waals surface area contributed by atoms with Crippen molar-refractivity contribution in [1.29, 1.82) is 0 Å². The summed E-state index contributed by atoms with van der Waals surface area (Å²) < 4.78 is 0. The smallest absolute Gasteiger partial charge is 0.320 e. The maximum atomic E-state index is 12.6. The topological polar surface area (TPSA) is 76.1 Å². The van der Waals surface area contributed by atoms with E-state index < -0.39 is 5.91 Å². The molecule has 2 aliphatic rings. The van der Waals surface area contributed by atoms with Crippen LogP contribution in [0.4, 0.5) is 4.79 Å². The van der Waals surface area contributed by atoms with E-state index in [0.29, 0.717) is 25.9 Å². The molecule has 0 saturated carbocycles. The van der Waals surface area contributed by atoms with Gasteiger partial charge < -0.3 is 25.1 Å².